The van der Waals surface area contributed by atoms with Crippen molar-refractivity contribution in [3.63, 3.8) is 0 Å². The van der Waals surface area contributed by atoms with Gasteiger partial charge in [0.05, 0.1) is 17.1 Å². The fraction of sp³-hybridized carbons (Fsp3) is 0. The van der Waals surface area contributed by atoms with Gasteiger partial charge in [-0.3, -0.25) is 0 Å². The van der Waals surface area contributed by atoms with Gasteiger partial charge in [0, 0.05) is 33.2 Å². The molecule has 0 radical (unpaired) electrons. The van der Waals surface area contributed by atoms with E-state index in [4.69, 9.17) is 0 Å². The van der Waals surface area contributed by atoms with Crippen LogP contribution >= 0.6 is 0 Å². The van der Waals surface area contributed by atoms with Crippen LogP contribution in [0.5, 0.6) is 0 Å². The van der Waals surface area contributed by atoms with Crippen molar-refractivity contribution in [3.8, 4) is 0 Å². The van der Waals surface area contributed by atoms with Crippen LogP contribution in [0.4, 0.5) is 34.1 Å². The highest BCUT2D eigenvalue weighted by Crippen LogP contribution is 2.48. The summed E-state index contributed by atoms with van der Waals surface area (Å²) in [5.41, 5.74) is 6.88. The zero-order chi connectivity index (χ0) is 33.0. The quantitative estimate of drug-likeness (QED) is 0.168. The maximum absolute atomic E-state index is 2.43. The summed E-state index contributed by atoms with van der Waals surface area (Å²) in [6, 6.07) is 70.5. The largest absolute Gasteiger partial charge is 0.310 e. The Morgan fingerprint density at radius 3 is 1.40 bits per heavy atom. The van der Waals surface area contributed by atoms with Crippen molar-refractivity contribution in [2.45, 2.75) is 0 Å². The average molecular weight is 637 g/mol. The molecule has 0 spiro atoms. The van der Waals surface area contributed by atoms with Crippen LogP contribution in [0.15, 0.2) is 194 Å². The Balaban J connectivity index is 1.25. The van der Waals surface area contributed by atoms with Gasteiger partial charge in [-0.25, -0.2) is 0 Å². The summed E-state index contributed by atoms with van der Waals surface area (Å²) < 4.78 is 0. The number of hydrogen-bond acceptors (Lipinski definition) is 2. The Labute approximate surface area is 291 Å². The molecule has 0 aliphatic carbocycles. The molecule has 0 N–H and O–H groups in total. The summed E-state index contributed by atoms with van der Waals surface area (Å²) >= 11 is 0. The lowest BCUT2D eigenvalue weighted by molar-refractivity contribution is 1.30. The monoisotopic (exact) mass is 636 g/mol. The fourth-order valence-corrected chi connectivity index (χ4v) is 7.87. The minimum absolute atomic E-state index is 1.13. The van der Waals surface area contributed by atoms with Crippen LogP contribution in [0.25, 0.3) is 53.9 Å². The topological polar surface area (TPSA) is 6.48 Å². The second kappa shape index (κ2) is 11.5. The minimum Gasteiger partial charge on any atom is -0.310 e. The first-order valence-electron chi connectivity index (χ1n) is 17.2. The van der Waals surface area contributed by atoms with Crippen LogP contribution in [0.2, 0.25) is 0 Å². The first-order chi connectivity index (χ1) is 24.8. The van der Waals surface area contributed by atoms with Gasteiger partial charge in [-0.1, -0.05) is 140 Å². The smallest absolute Gasteiger partial charge is 0.0540 e. The molecule has 10 rings (SSSR count). The molecule has 0 saturated carbocycles. The second-order valence-electron chi connectivity index (χ2n) is 13.0. The molecule has 0 aromatic heterocycles. The molecule has 0 saturated heterocycles. The van der Waals surface area contributed by atoms with E-state index >= 15 is 0 Å². The molecular weight excluding hydrogens is 605 g/mol. The SMILES string of the molecule is c1ccc(N(c2ccc3ccccc3c2)c2ccc3ccc4c(N(c5ccccc5)c5cccc6ccccc56)ccc5ccc2c3c54)cc1. The summed E-state index contributed by atoms with van der Waals surface area (Å²) in [4.78, 5) is 4.84. The molecule has 2 heteroatoms. The van der Waals surface area contributed by atoms with Crippen molar-refractivity contribution in [1.29, 1.82) is 0 Å². The van der Waals surface area contributed by atoms with Crippen molar-refractivity contribution in [2.24, 2.45) is 0 Å². The number of anilines is 6. The van der Waals surface area contributed by atoms with Gasteiger partial charge in [-0.15, -0.1) is 0 Å². The highest BCUT2D eigenvalue weighted by molar-refractivity contribution is 6.28. The average Bonchev–Trinajstić information content (AvgIpc) is 3.19. The molecule has 0 fully saturated rings. The van der Waals surface area contributed by atoms with E-state index in [0.717, 1.165) is 34.1 Å². The maximum Gasteiger partial charge on any atom is 0.0540 e. The summed E-state index contributed by atoms with van der Waals surface area (Å²) in [7, 11) is 0. The van der Waals surface area contributed by atoms with E-state index in [9.17, 15) is 0 Å². The van der Waals surface area contributed by atoms with Crippen molar-refractivity contribution in [2.75, 3.05) is 9.80 Å². The normalized spacial score (nSPS) is 11.6. The molecule has 0 heterocycles. The zero-order valence-electron chi connectivity index (χ0n) is 27.4. The number of fused-ring (bicyclic) bond motifs is 2. The lowest BCUT2D eigenvalue weighted by atomic mass is 9.91. The van der Waals surface area contributed by atoms with E-state index in [0.29, 0.717) is 0 Å². The van der Waals surface area contributed by atoms with Crippen LogP contribution in [0.3, 0.4) is 0 Å². The van der Waals surface area contributed by atoms with Gasteiger partial charge in [0.1, 0.15) is 0 Å². The van der Waals surface area contributed by atoms with Crippen LogP contribution in [0, 0.1) is 0 Å². The molecule has 10 aromatic rings. The summed E-state index contributed by atoms with van der Waals surface area (Å²) in [6.45, 7) is 0. The molecule has 0 bridgehead atoms. The van der Waals surface area contributed by atoms with Crippen LogP contribution in [-0.2, 0) is 0 Å². The van der Waals surface area contributed by atoms with Gasteiger partial charge in [0.15, 0.2) is 0 Å². The molecule has 0 atom stereocenters. The van der Waals surface area contributed by atoms with E-state index in [2.05, 4.69) is 204 Å². The first-order valence-corrected chi connectivity index (χ1v) is 17.2. The highest BCUT2D eigenvalue weighted by atomic mass is 15.1. The van der Waals surface area contributed by atoms with Crippen molar-refractivity contribution < 1.29 is 0 Å². The van der Waals surface area contributed by atoms with Crippen LogP contribution in [0.1, 0.15) is 0 Å². The molecule has 0 unspecified atom stereocenters. The molecule has 0 aliphatic heterocycles. The van der Waals surface area contributed by atoms with E-state index in [1.165, 1.54) is 53.9 Å². The molecule has 0 aliphatic rings. The zero-order valence-corrected chi connectivity index (χ0v) is 27.4. The standard InChI is InChI=1S/C48H32N2/c1-3-16-38(17-4-1)49(40-27-22-33-12-7-8-14-37(33)32-40)45-30-25-35-24-29-43-46(31-26-36-23-28-42(45)47(35)48(36)43)50(39-18-5-2-6-19-39)44-21-11-15-34-13-9-10-20-41(34)44/h1-32H. The summed E-state index contributed by atoms with van der Waals surface area (Å²) in [6.07, 6.45) is 0. The molecule has 234 valence electrons. The summed E-state index contributed by atoms with van der Waals surface area (Å²) in [5, 5.41) is 12.4. The number of nitrogens with zero attached hydrogens (tertiary/aromatic N) is 2. The molecule has 0 amide bonds. The second-order valence-corrected chi connectivity index (χ2v) is 13.0. The predicted molar refractivity (Wildman–Crippen MR) is 215 cm³/mol. The number of para-hydroxylation sites is 2. The van der Waals surface area contributed by atoms with Crippen molar-refractivity contribution >= 4 is 88.0 Å². The molecule has 50 heavy (non-hydrogen) atoms. The van der Waals surface area contributed by atoms with Crippen molar-refractivity contribution in [1.82, 2.24) is 0 Å². The highest BCUT2D eigenvalue weighted by Gasteiger charge is 2.22. The van der Waals surface area contributed by atoms with Gasteiger partial charge < -0.3 is 9.80 Å². The molecule has 10 aromatic carbocycles. The molecular formula is C48H32N2. The lowest BCUT2D eigenvalue weighted by Crippen LogP contribution is -2.11. The van der Waals surface area contributed by atoms with E-state index in [1.807, 2.05) is 0 Å². The number of rotatable bonds is 6. The number of hydrogen-bond donors (Lipinski definition) is 0. The Hall–Kier alpha value is -6.64. The lowest BCUT2D eigenvalue weighted by Gasteiger charge is -2.30. The minimum atomic E-state index is 1.13. The van der Waals surface area contributed by atoms with Gasteiger partial charge in [0.2, 0.25) is 0 Å². The Bertz CT molecular complexity index is 2820. The third-order valence-electron chi connectivity index (χ3n) is 10.1. The van der Waals surface area contributed by atoms with Crippen LogP contribution in [-0.4, -0.2) is 0 Å². The Morgan fingerprint density at radius 1 is 0.240 bits per heavy atom. The predicted octanol–water partition coefficient (Wildman–Crippen LogP) is 13.8. The Kier molecular flexibility index (Phi) is 6.53. The van der Waals surface area contributed by atoms with E-state index < -0.39 is 0 Å². The van der Waals surface area contributed by atoms with Gasteiger partial charge in [-0.05, 0) is 92.3 Å². The van der Waals surface area contributed by atoms with Crippen LogP contribution < -0.4 is 9.80 Å². The molecule has 2 nitrogen and oxygen atoms in total. The number of benzene rings is 10. The first kappa shape index (κ1) is 28.4. The van der Waals surface area contributed by atoms with Gasteiger partial charge in [0.25, 0.3) is 0 Å². The summed E-state index contributed by atoms with van der Waals surface area (Å²) in [5.74, 6) is 0. The van der Waals surface area contributed by atoms with Gasteiger partial charge in [-0.2, -0.15) is 0 Å². The van der Waals surface area contributed by atoms with Gasteiger partial charge >= 0.3 is 0 Å². The third-order valence-corrected chi connectivity index (χ3v) is 10.1. The maximum atomic E-state index is 2.43. The fourth-order valence-electron chi connectivity index (χ4n) is 7.87. The van der Waals surface area contributed by atoms with Crippen molar-refractivity contribution in [3.05, 3.63) is 194 Å². The van der Waals surface area contributed by atoms with E-state index in [-0.39, 0.29) is 0 Å². The van der Waals surface area contributed by atoms with E-state index in [1.54, 1.807) is 0 Å². The third kappa shape index (κ3) is 4.50. The Morgan fingerprint density at radius 2 is 0.720 bits per heavy atom.